The van der Waals surface area contributed by atoms with Crippen LogP contribution < -0.4 is 25.4 Å². The second-order valence-corrected chi connectivity index (χ2v) is 7.27. The van der Waals surface area contributed by atoms with Gasteiger partial charge < -0.3 is 14.8 Å². The smallest absolute Gasteiger partial charge is 0.263 e. The van der Waals surface area contributed by atoms with Gasteiger partial charge in [-0.15, -0.1) is 0 Å². The minimum absolute atomic E-state index is 0.0346. The first-order valence-corrected chi connectivity index (χ1v) is 9.74. The number of carbonyl (C=O) groups excluding carboxylic acids is 3. The van der Waals surface area contributed by atoms with Gasteiger partial charge in [-0.1, -0.05) is 18.2 Å². The molecule has 0 saturated carbocycles. The van der Waals surface area contributed by atoms with Crippen LogP contribution in [0.25, 0.3) is 6.08 Å². The molecule has 1 fully saturated rings. The van der Waals surface area contributed by atoms with E-state index in [9.17, 15) is 14.4 Å². The fraction of sp³-hybridized carbons (Fsp3) is 0.182. The second-order valence-electron chi connectivity index (χ2n) is 6.86. The zero-order chi connectivity index (χ0) is 22.5. The van der Waals surface area contributed by atoms with Gasteiger partial charge in [0.05, 0.1) is 7.11 Å². The lowest BCUT2D eigenvalue weighted by Crippen LogP contribution is -2.51. The average Bonchev–Trinajstić information content (AvgIpc) is 2.72. The zero-order valence-electron chi connectivity index (χ0n) is 17.2. The van der Waals surface area contributed by atoms with Gasteiger partial charge in [0.1, 0.15) is 5.57 Å². The van der Waals surface area contributed by atoms with Crippen LogP contribution in [0.2, 0.25) is 0 Å². The lowest BCUT2D eigenvalue weighted by Gasteiger charge is -2.16. The van der Waals surface area contributed by atoms with Gasteiger partial charge >= 0.3 is 0 Å². The minimum atomic E-state index is -0.587. The molecule has 160 valence electrons. The number of aryl methyl sites for hydroxylation is 2. The van der Waals surface area contributed by atoms with Crippen molar-refractivity contribution < 1.29 is 23.9 Å². The molecule has 31 heavy (non-hydrogen) atoms. The third-order valence-electron chi connectivity index (χ3n) is 4.47. The Kier molecular flexibility index (Phi) is 6.66. The number of carbonyl (C=O) groups is 3. The fourth-order valence-corrected chi connectivity index (χ4v) is 3.05. The molecular formula is C22H21N3O5S. The zero-order valence-corrected chi connectivity index (χ0v) is 18.0. The van der Waals surface area contributed by atoms with Crippen molar-refractivity contribution in [3.8, 4) is 11.5 Å². The Morgan fingerprint density at radius 3 is 2.45 bits per heavy atom. The van der Waals surface area contributed by atoms with Gasteiger partial charge in [0.25, 0.3) is 17.7 Å². The Morgan fingerprint density at radius 2 is 1.77 bits per heavy atom. The van der Waals surface area contributed by atoms with Gasteiger partial charge in [0.2, 0.25) is 0 Å². The standard InChI is InChI=1S/C22H21N3O5S/c1-12-4-5-13(2)16(8-12)23-19(26)11-30-17-7-6-14(10-18(17)29-3)9-15-20(27)24-22(31)25-21(15)28/h4-10H,11H2,1-3H3,(H,23,26)(H2,24,25,27,28,31). The van der Waals surface area contributed by atoms with Crippen LogP contribution in [0.15, 0.2) is 42.0 Å². The molecule has 0 bridgehead atoms. The first kappa shape index (κ1) is 22.0. The molecule has 8 nitrogen and oxygen atoms in total. The third kappa shape index (κ3) is 5.46. The lowest BCUT2D eigenvalue weighted by atomic mass is 10.1. The summed E-state index contributed by atoms with van der Waals surface area (Å²) >= 11 is 4.78. The summed E-state index contributed by atoms with van der Waals surface area (Å²) in [6.07, 6.45) is 1.41. The van der Waals surface area contributed by atoms with Gasteiger partial charge in [0.15, 0.2) is 23.2 Å². The molecule has 1 aliphatic heterocycles. The molecule has 1 aliphatic rings. The predicted molar refractivity (Wildman–Crippen MR) is 120 cm³/mol. The van der Waals surface area contributed by atoms with Crippen LogP contribution in [0.5, 0.6) is 11.5 Å². The Balaban J connectivity index is 1.70. The molecule has 0 aromatic heterocycles. The van der Waals surface area contributed by atoms with Crippen molar-refractivity contribution in [1.29, 1.82) is 0 Å². The van der Waals surface area contributed by atoms with E-state index in [-0.39, 0.29) is 23.2 Å². The summed E-state index contributed by atoms with van der Waals surface area (Å²) in [4.78, 5) is 36.3. The number of amides is 3. The van der Waals surface area contributed by atoms with Gasteiger partial charge in [-0.25, -0.2) is 0 Å². The quantitative estimate of drug-likeness (QED) is 0.362. The van der Waals surface area contributed by atoms with Crippen molar-refractivity contribution in [2.45, 2.75) is 13.8 Å². The van der Waals surface area contributed by atoms with Crippen LogP contribution in [0, 0.1) is 13.8 Å². The molecule has 0 spiro atoms. The molecule has 2 aromatic carbocycles. The summed E-state index contributed by atoms with van der Waals surface area (Å²) in [7, 11) is 1.45. The Labute approximate surface area is 184 Å². The maximum Gasteiger partial charge on any atom is 0.263 e. The Bertz CT molecular complexity index is 1090. The number of anilines is 1. The van der Waals surface area contributed by atoms with Crippen molar-refractivity contribution >= 4 is 46.8 Å². The van der Waals surface area contributed by atoms with Crippen LogP contribution in [0.1, 0.15) is 16.7 Å². The first-order valence-electron chi connectivity index (χ1n) is 9.33. The molecule has 9 heteroatoms. The highest BCUT2D eigenvalue weighted by atomic mass is 32.1. The molecular weight excluding hydrogens is 418 g/mol. The SMILES string of the molecule is COc1cc(C=C2C(=O)NC(=S)NC2=O)ccc1OCC(=O)Nc1cc(C)ccc1C. The molecule has 0 unspecified atom stereocenters. The van der Waals surface area contributed by atoms with Crippen LogP contribution in [-0.2, 0) is 14.4 Å². The molecule has 1 saturated heterocycles. The molecule has 1 heterocycles. The summed E-state index contributed by atoms with van der Waals surface area (Å²) in [6.45, 7) is 3.64. The molecule has 3 amide bonds. The number of methoxy groups -OCH3 is 1. The highest BCUT2D eigenvalue weighted by molar-refractivity contribution is 7.80. The van der Waals surface area contributed by atoms with Crippen molar-refractivity contribution in [2.75, 3.05) is 19.0 Å². The van der Waals surface area contributed by atoms with E-state index in [4.69, 9.17) is 21.7 Å². The van der Waals surface area contributed by atoms with E-state index in [0.717, 1.165) is 16.8 Å². The van der Waals surface area contributed by atoms with Gasteiger partial charge in [0, 0.05) is 5.69 Å². The molecule has 0 aliphatic carbocycles. The summed E-state index contributed by atoms with van der Waals surface area (Å²) in [5, 5.41) is 7.53. The number of rotatable bonds is 6. The van der Waals surface area contributed by atoms with E-state index in [1.54, 1.807) is 18.2 Å². The summed E-state index contributed by atoms with van der Waals surface area (Å²) in [6, 6.07) is 10.6. The molecule has 0 radical (unpaired) electrons. The van der Waals surface area contributed by atoms with Crippen LogP contribution in [0.4, 0.5) is 5.69 Å². The Hall–Kier alpha value is -3.72. The van der Waals surface area contributed by atoms with E-state index in [1.807, 2.05) is 32.0 Å². The average molecular weight is 439 g/mol. The number of nitrogens with one attached hydrogen (secondary N) is 3. The van der Waals surface area contributed by atoms with E-state index in [0.29, 0.717) is 17.1 Å². The summed E-state index contributed by atoms with van der Waals surface area (Å²) in [5.41, 5.74) is 3.17. The van der Waals surface area contributed by atoms with E-state index in [1.165, 1.54) is 13.2 Å². The van der Waals surface area contributed by atoms with Gasteiger partial charge in [-0.05, 0) is 67.0 Å². The van der Waals surface area contributed by atoms with Crippen LogP contribution in [0.3, 0.4) is 0 Å². The second kappa shape index (κ2) is 9.40. The maximum absolute atomic E-state index is 12.3. The first-order chi connectivity index (χ1) is 14.8. The van der Waals surface area contributed by atoms with Crippen molar-refractivity contribution in [2.24, 2.45) is 0 Å². The number of hydrogen-bond acceptors (Lipinski definition) is 6. The predicted octanol–water partition coefficient (Wildman–Crippen LogP) is 2.24. The number of benzene rings is 2. The molecule has 3 N–H and O–H groups in total. The van der Waals surface area contributed by atoms with Gasteiger partial charge in [-0.2, -0.15) is 0 Å². The molecule has 2 aromatic rings. The topological polar surface area (TPSA) is 106 Å². The number of ether oxygens (including phenoxy) is 2. The van der Waals surface area contributed by atoms with Gasteiger partial charge in [-0.3, -0.25) is 25.0 Å². The van der Waals surface area contributed by atoms with Crippen LogP contribution >= 0.6 is 12.2 Å². The summed E-state index contributed by atoms with van der Waals surface area (Å²) in [5.74, 6) is -0.790. The lowest BCUT2D eigenvalue weighted by molar-refractivity contribution is -0.123. The number of hydrogen-bond donors (Lipinski definition) is 3. The van der Waals surface area contributed by atoms with Crippen molar-refractivity contribution in [3.05, 3.63) is 58.7 Å². The van der Waals surface area contributed by atoms with Crippen molar-refractivity contribution in [1.82, 2.24) is 10.6 Å². The highest BCUT2D eigenvalue weighted by Crippen LogP contribution is 2.29. The monoisotopic (exact) mass is 439 g/mol. The third-order valence-corrected chi connectivity index (χ3v) is 4.67. The van der Waals surface area contributed by atoms with E-state index in [2.05, 4.69) is 16.0 Å². The van der Waals surface area contributed by atoms with E-state index >= 15 is 0 Å². The Morgan fingerprint density at radius 1 is 1.06 bits per heavy atom. The minimum Gasteiger partial charge on any atom is -0.493 e. The van der Waals surface area contributed by atoms with Crippen molar-refractivity contribution in [3.63, 3.8) is 0 Å². The number of thiocarbonyl (C=S) groups is 1. The molecule has 3 rings (SSSR count). The van der Waals surface area contributed by atoms with Crippen LogP contribution in [-0.4, -0.2) is 36.6 Å². The summed E-state index contributed by atoms with van der Waals surface area (Å²) < 4.78 is 10.9. The molecule has 0 atom stereocenters. The fourth-order valence-electron chi connectivity index (χ4n) is 2.87. The maximum atomic E-state index is 12.3. The normalized spacial score (nSPS) is 13.3. The van der Waals surface area contributed by atoms with E-state index < -0.39 is 11.8 Å². The highest BCUT2D eigenvalue weighted by Gasteiger charge is 2.25. The largest absolute Gasteiger partial charge is 0.493 e.